The Hall–Kier alpha value is -1.83. The number of anilines is 1. The SMILES string of the molecule is CCOC(=O)/C(C)=N/N(C)c1cc(C(F)(F)F)cc(Cl)n1. The molecule has 0 saturated heterocycles. The van der Waals surface area contributed by atoms with Crippen molar-refractivity contribution >= 4 is 29.1 Å². The number of alkyl halides is 3. The van der Waals surface area contributed by atoms with E-state index in [4.69, 9.17) is 16.3 Å². The highest BCUT2D eigenvalue weighted by Gasteiger charge is 2.32. The first kappa shape index (κ1) is 17.2. The molecule has 0 N–H and O–H groups in total. The van der Waals surface area contributed by atoms with E-state index in [1.165, 1.54) is 14.0 Å². The number of hydrazone groups is 1. The minimum Gasteiger partial charge on any atom is -0.461 e. The average molecular weight is 324 g/mol. The van der Waals surface area contributed by atoms with Crippen LogP contribution < -0.4 is 5.01 Å². The highest BCUT2D eigenvalue weighted by atomic mass is 35.5. The van der Waals surface area contributed by atoms with E-state index in [9.17, 15) is 18.0 Å². The van der Waals surface area contributed by atoms with E-state index < -0.39 is 17.7 Å². The average Bonchev–Trinajstić information content (AvgIpc) is 2.37. The van der Waals surface area contributed by atoms with E-state index in [1.807, 2.05) is 0 Å². The zero-order chi connectivity index (χ0) is 16.2. The van der Waals surface area contributed by atoms with Gasteiger partial charge in [0.25, 0.3) is 0 Å². The summed E-state index contributed by atoms with van der Waals surface area (Å²) in [5.74, 6) is -0.805. The van der Waals surface area contributed by atoms with Crippen LogP contribution in [0.4, 0.5) is 19.0 Å². The molecule has 1 rings (SSSR count). The minimum absolute atomic E-state index is 0.0188. The van der Waals surface area contributed by atoms with Gasteiger partial charge in [0.2, 0.25) is 0 Å². The molecule has 0 bridgehead atoms. The Morgan fingerprint density at radius 1 is 1.48 bits per heavy atom. The van der Waals surface area contributed by atoms with Crippen LogP contribution in [0.25, 0.3) is 0 Å². The largest absolute Gasteiger partial charge is 0.461 e. The smallest absolute Gasteiger partial charge is 0.416 e. The van der Waals surface area contributed by atoms with Gasteiger partial charge in [0, 0.05) is 7.05 Å². The molecule has 9 heteroatoms. The Labute approximate surface area is 124 Å². The molecule has 0 aliphatic rings. The zero-order valence-electron chi connectivity index (χ0n) is 11.5. The number of carbonyl (C=O) groups excluding carboxylic acids is 1. The van der Waals surface area contributed by atoms with Crippen LogP contribution in [0.3, 0.4) is 0 Å². The monoisotopic (exact) mass is 323 g/mol. The maximum atomic E-state index is 12.7. The lowest BCUT2D eigenvalue weighted by molar-refractivity contribution is -0.137. The summed E-state index contributed by atoms with van der Waals surface area (Å²) in [6.45, 7) is 3.18. The van der Waals surface area contributed by atoms with Gasteiger partial charge < -0.3 is 4.74 Å². The standard InChI is InChI=1S/C12H13ClF3N3O2/c1-4-21-11(20)7(2)18-19(3)10-6-8(12(14,15)16)5-9(13)17-10/h5-6H,4H2,1-3H3/b18-7+. The first-order valence-corrected chi connectivity index (χ1v) is 6.23. The van der Waals surface area contributed by atoms with Gasteiger partial charge in [0.05, 0.1) is 12.2 Å². The molecule has 1 aromatic heterocycles. The van der Waals surface area contributed by atoms with Crippen molar-refractivity contribution in [3.05, 3.63) is 22.8 Å². The van der Waals surface area contributed by atoms with Crippen molar-refractivity contribution < 1.29 is 22.7 Å². The van der Waals surface area contributed by atoms with Crippen molar-refractivity contribution in [1.82, 2.24) is 4.98 Å². The number of carbonyl (C=O) groups is 1. The van der Waals surface area contributed by atoms with Crippen LogP contribution in [0.5, 0.6) is 0 Å². The molecule has 0 aliphatic carbocycles. The van der Waals surface area contributed by atoms with Crippen molar-refractivity contribution in [3.63, 3.8) is 0 Å². The van der Waals surface area contributed by atoms with E-state index in [0.717, 1.165) is 11.1 Å². The summed E-state index contributed by atoms with van der Waals surface area (Å²) in [5.41, 5.74) is -0.969. The molecule has 0 aromatic carbocycles. The number of halogens is 4. The zero-order valence-corrected chi connectivity index (χ0v) is 12.3. The van der Waals surface area contributed by atoms with Gasteiger partial charge >= 0.3 is 12.1 Å². The van der Waals surface area contributed by atoms with E-state index in [2.05, 4.69) is 10.1 Å². The molecule has 116 valence electrons. The third kappa shape index (κ3) is 4.89. The summed E-state index contributed by atoms with van der Waals surface area (Å²) in [5, 5.41) is 4.51. The van der Waals surface area contributed by atoms with Gasteiger partial charge in [-0.1, -0.05) is 11.6 Å². The van der Waals surface area contributed by atoms with Crippen LogP contribution in [-0.4, -0.2) is 30.3 Å². The predicted molar refractivity (Wildman–Crippen MR) is 72.4 cm³/mol. The normalized spacial score (nSPS) is 12.2. The van der Waals surface area contributed by atoms with Gasteiger partial charge in [-0.3, -0.25) is 5.01 Å². The highest BCUT2D eigenvalue weighted by molar-refractivity contribution is 6.35. The van der Waals surface area contributed by atoms with Crippen molar-refractivity contribution in [2.45, 2.75) is 20.0 Å². The number of nitrogens with zero attached hydrogens (tertiary/aromatic N) is 3. The molecular weight excluding hydrogens is 311 g/mol. The Morgan fingerprint density at radius 3 is 2.62 bits per heavy atom. The number of aromatic nitrogens is 1. The topological polar surface area (TPSA) is 54.8 Å². The molecule has 0 aliphatic heterocycles. The molecule has 0 atom stereocenters. The molecule has 1 heterocycles. The second kappa shape index (κ2) is 6.75. The number of esters is 1. The number of ether oxygens (including phenoxy) is 1. The van der Waals surface area contributed by atoms with Crippen molar-refractivity contribution in [2.24, 2.45) is 5.10 Å². The van der Waals surface area contributed by atoms with Crippen molar-refractivity contribution in [2.75, 3.05) is 18.7 Å². The Bertz CT molecular complexity index is 561. The van der Waals surface area contributed by atoms with Crippen molar-refractivity contribution in [1.29, 1.82) is 0 Å². The van der Waals surface area contributed by atoms with Crippen LogP contribution >= 0.6 is 11.6 Å². The maximum absolute atomic E-state index is 12.7. The van der Waals surface area contributed by atoms with E-state index in [1.54, 1.807) is 6.92 Å². The molecule has 0 saturated carbocycles. The molecule has 5 nitrogen and oxygen atoms in total. The first-order chi connectivity index (χ1) is 9.65. The van der Waals surface area contributed by atoms with Crippen molar-refractivity contribution in [3.8, 4) is 0 Å². The van der Waals surface area contributed by atoms with Gasteiger partial charge in [0.15, 0.2) is 5.82 Å². The lowest BCUT2D eigenvalue weighted by atomic mass is 10.2. The summed E-state index contributed by atoms with van der Waals surface area (Å²) in [6.07, 6.45) is -4.55. The van der Waals surface area contributed by atoms with Gasteiger partial charge in [-0.2, -0.15) is 18.3 Å². The summed E-state index contributed by atoms with van der Waals surface area (Å²) in [7, 11) is 1.35. The molecule has 21 heavy (non-hydrogen) atoms. The lowest BCUT2D eigenvalue weighted by Crippen LogP contribution is -2.21. The third-order valence-corrected chi connectivity index (χ3v) is 2.50. The summed E-state index contributed by atoms with van der Waals surface area (Å²) < 4.78 is 42.8. The Kier molecular flexibility index (Phi) is 5.54. The molecule has 0 fully saturated rings. The van der Waals surface area contributed by atoms with Gasteiger partial charge in [-0.15, -0.1) is 0 Å². The minimum atomic E-state index is -4.55. The number of pyridine rings is 1. The number of rotatable bonds is 4. The van der Waals surface area contributed by atoms with Crippen LogP contribution in [-0.2, 0) is 15.7 Å². The van der Waals surface area contributed by atoms with E-state index in [0.29, 0.717) is 6.07 Å². The molecule has 0 radical (unpaired) electrons. The van der Waals surface area contributed by atoms with Gasteiger partial charge in [0.1, 0.15) is 10.9 Å². The second-order valence-corrected chi connectivity index (χ2v) is 4.35. The lowest BCUT2D eigenvalue weighted by Gasteiger charge is -2.15. The highest BCUT2D eigenvalue weighted by Crippen LogP contribution is 2.32. The number of hydrogen-bond donors (Lipinski definition) is 0. The summed E-state index contributed by atoms with van der Waals surface area (Å²) >= 11 is 5.57. The van der Waals surface area contributed by atoms with Crippen LogP contribution in [0.15, 0.2) is 17.2 Å². The van der Waals surface area contributed by atoms with Crippen LogP contribution in [0, 0.1) is 0 Å². The van der Waals surface area contributed by atoms with Crippen LogP contribution in [0.2, 0.25) is 5.15 Å². The second-order valence-electron chi connectivity index (χ2n) is 3.96. The van der Waals surface area contributed by atoms with Gasteiger partial charge in [-0.05, 0) is 26.0 Å². The molecule has 0 amide bonds. The third-order valence-electron chi connectivity index (χ3n) is 2.31. The maximum Gasteiger partial charge on any atom is 0.416 e. The fraction of sp³-hybridized carbons (Fsp3) is 0.417. The fourth-order valence-corrected chi connectivity index (χ4v) is 1.57. The first-order valence-electron chi connectivity index (χ1n) is 5.86. The molecule has 0 spiro atoms. The Balaban J connectivity index is 3.08. The summed E-state index contributed by atoms with van der Waals surface area (Å²) in [6, 6.07) is 1.49. The predicted octanol–water partition coefficient (Wildman–Crippen LogP) is 3.13. The summed E-state index contributed by atoms with van der Waals surface area (Å²) in [4.78, 5) is 15.1. The quantitative estimate of drug-likeness (QED) is 0.370. The molecule has 1 aromatic rings. The van der Waals surface area contributed by atoms with Crippen LogP contribution in [0.1, 0.15) is 19.4 Å². The Morgan fingerprint density at radius 2 is 2.10 bits per heavy atom. The molecular formula is C12H13ClF3N3O2. The fourth-order valence-electron chi connectivity index (χ4n) is 1.37. The number of hydrogen-bond acceptors (Lipinski definition) is 5. The van der Waals surface area contributed by atoms with Gasteiger partial charge in [-0.25, -0.2) is 9.78 Å². The van der Waals surface area contributed by atoms with E-state index >= 15 is 0 Å². The van der Waals surface area contributed by atoms with E-state index in [-0.39, 0.29) is 23.3 Å². The molecule has 0 unspecified atom stereocenters.